The molecule has 14 heavy (non-hydrogen) atoms. The normalized spacial score (nSPS) is 10.7. The molecule has 4 heteroatoms. The van der Waals surface area contributed by atoms with Crippen LogP contribution in [0, 0.1) is 5.82 Å². The smallest absolute Gasteiger partial charge is 0.253 e. The molecule has 0 atom stereocenters. The standard InChI is InChI=1S/C10H8FNO2/c11-8-1-2-9-6(4-8)3-7(5-13)10(14)12-9/h1-4,13H,5H2,(H,12,14). The van der Waals surface area contributed by atoms with Gasteiger partial charge in [0.15, 0.2) is 0 Å². The summed E-state index contributed by atoms with van der Waals surface area (Å²) in [6, 6.07) is 5.56. The fourth-order valence-corrected chi connectivity index (χ4v) is 1.34. The number of hydrogen-bond acceptors (Lipinski definition) is 2. The second kappa shape index (κ2) is 3.23. The quantitative estimate of drug-likeness (QED) is 0.714. The van der Waals surface area contributed by atoms with Gasteiger partial charge in [-0.1, -0.05) is 0 Å². The van der Waals surface area contributed by atoms with Crippen molar-refractivity contribution in [2.75, 3.05) is 0 Å². The molecule has 3 nitrogen and oxygen atoms in total. The summed E-state index contributed by atoms with van der Waals surface area (Å²) in [7, 11) is 0. The Morgan fingerprint density at radius 1 is 1.36 bits per heavy atom. The van der Waals surface area contributed by atoms with Gasteiger partial charge in [0.05, 0.1) is 6.61 Å². The molecular formula is C10H8FNO2. The number of aromatic nitrogens is 1. The molecule has 1 aromatic heterocycles. The van der Waals surface area contributed by atoms with Gasteiger partial charge in [0.25, 0.3) is 5.56 Å². The first kappa shape index (κ1) is 8.90. The first-order chi connectivity index (χ1) is 6.70. The first-order valence-corrected chi connectivity index (χ1v) is 4.13. The number of hydrogen-bond donors (Lipinski definition) is 2. The zero-order chi connectivity index (χ0) is 10.1. The van der Waals surface area contributed by atoms with Crippen LogP contribution in [-0.2, 0) is 6.61 Å². The molecule has 0 bridgehead atoms. The van der Waals surface area contributed by atoms with E-state index in [-0.39, 0.29) is 23.5 Å². The predicted molar refractivity (Wildman–Crippen MR) is 50.4 cm³/mol. The molecule has 0 spiro atoms. The number of rotatable bonds is 1. The lowest BCUT2D eigenvalue weighted by atomic mass is 10.1. The molecule has 2 aromatic rings. The summed E-state index contributed by atoms with van der Waals surface area (Å²) in [5, 5.41) is 9.41. The molecule has 0 unspecified atom stereocenters. The van der Waals surface area contributed by atoms with Crippen LogP contribution >= 0.6 is 0 Å². The number of pyridine rings is 1. The summed E-state index contributed by atoms with van der Waals surface area (Å²) in [4.78, 5) is 13.8. The fourth-order valence-electron chi connectivity index (χ4n) is 1.34. The lowest BCUT2D eigenvalue weighted by molar-refractivity contribution is 0.280. The lowest BCUT2D eigenvalue weighted by Gasteiger charge is -2.00. The molecular weight excluding hydrogens is 185 g/mol. The van der Waals surface area contributed by atoms with Gasteiger partial charge >= 0.3 is 0 Å². The Morgan fingerprint density at radius 2 is 2.14 bits per heavy atom. The van der Waals surface area contributed by atoms with E-state index >= 15 is 0 Å². The van der Waals surface area contributed by atoms with Gasteiger partial charge in [-0.2, -0.15) is 0 Å². The van der Waals surface area contributed by atoms with Crippen LogP contribution in [0.15, 0.2) is 29.1 Å². The van der Waals surface area contributed by atoms with E-state index < -0.39 is 0 Å². The highest BCUT2D eigenvalue weighted by Gasteiger charge is 2.02. The van der Waals surface area contributed by atoms with Crippen LogP contribution in [0.1, 0.15) is 5.56 Å². The Bertz CT molecular complexity index is 533. The SMILES string of the molecule is O=c1[nH]c2ccc(F)cc2cc1CO. The Hall–Kier alpha value is -1.68. The van der Waals surface area contributed by atoms with E-state index in [0.717, 1.165) is 0 Å². The molecule has 0 aliphatic heterocycles. The third kappa shape index (κ3) is 1.40. The van der Waals surface area contributed by atoms with Crippen molar-refractivity contribution in [3.05, 3.63) is 46.0 Å². The van der Waals surface area contributed by atoms with Gasteiger partial charge in [-0.3, -0.25) is 4.79 Å². The van der Waals surface area contributed by atoms with Crippen LogP contribution in [0.25, 0.3) is 10.9 Å². The van der Waals surface area contributed by atoms with Gasteiger partial charge in [0, 0.05) is 16.5 Å². The monoisotopic (exact) mass is 193 g/mol. The summed E-state index contributed by atoms with van der Waals surface area (Å²) in [5.41, 5.74) is 0.461. The average molecular weight is 193 g/mol. The van der Waals surface area contributed by atoms with E-state index in [1.165, 1.54) is 24.3 Å². The number of H-pyrrole nitrogens is 1. The third-order valence-corrected chi connectivity index (χ3v) is 2.05. The van der Waals surface area contributed by atoms with Crippen LogP contribution in [0.5, 0.6) is 0 Å². The van der Waals surface area contributed by atoms with Crippen molar-refractivity contribution in [3.63, 3.8) is 0 Å². The van der Waals surface area contributed by atoms with E-state index in [2.05, 4.69) is 4.98 Å². The second-order valence-electron chi connectivity index (χ2n) is 3.01. The zero-order valence-electron chi connectivity index (χ0n) is 7.25. The summed E-state index contributed by atoms with van der Waals surface area (Å²) >= 11 is 0. The Kier molecular flexibility index (Phi) is 2.05. The van der Waals surface area contributed by atoms with E-state index in [9.17, 15) is 9.18 Å². The summed E-state index contributed by atoms with van der Waals surface area (Å²) in [6.07, 6.45) is 0. The number of aliphatic hydroxyl groups excluding tert-OH is 1. The maximum Gasteiger partial charge on any atom is 0.253 e. The number of halogens is 1. The van der Waals surface area contributed by atoms with Crippen molar-refractivity contribution in [3.8, 4) is 0 Å². The Morgan fingerprint density at radius 3 is 2.86 bits per heavy atom. The maximum absolute atomic E-state index is 12.8. The van der Waals surface area contributed by atoms with Gasteiger partial charge in [-0.15, -0.1) is 0 Å². The number of aromatic amines is 1. The molecule has 0 saturated heterocycles. The molecule has 2 N–H and O–H groups in total. The highest BCUT2D eigenvalue weighted by Crippen LogP contribution is 2.12. The van der Waals surface area contributed by atoms with Crippen molar-refractivity contribution in [2.45, 2.75) is 6.61 Å². The van der Waals surface area contributed by atoms with Crippen molar-refractivity contribution < 1.29 is 9.50 Å². The van der Waals surface area contributed by atoms with Gasteiger partial charge in [0.1, 0.15) is 5.82 Å². The summed E-state index contributed by atoms with van der Waals surface area (Å²) in [6.45, 7) is -0.345. The topological polar surface area (TPSA) is 53.1 Å². The van der Waals surface area contributed by atoms with E-state index in [1.807, 2.05) is 0 Å². The predicted octanol–water partition coefficient (Wildman–Crippen LogP) is 1.16. The van der Waals surface area contributed by atoms with Crippen molar-refractivity contribution in [1.29, 1.82) is 0 Å². The van der Waals surface area contributed by atoms with Crippen LogP contribution in [0.4, 0.5) is 4.39 Å². The minimum atomic E-state index is -0.367. The molecule has 72 valence electrons. The maximum atomic E-state index is 12.8. The molecule has 1 heterocycles. The molecule has 0 amide bonds. The van der Waals surface area contributed by atoms with Crippen molar-refractivity contribution in [1.82, 2.24) is 4.98 Å². The highest BCUT2D eigenvalue weighted by atomic mass is 19.1. The molecule has 0 fully saturated rings. The Labute approximate surface area is 78.8 Å². The highest BCUT2D eigenvalue weighted by molar-refractivity contribution is 5.78. The number of aliphatic hydroxyl groups is 1. The zero-order valence-corrected chi connectivity index (χ0v) is 7.25. The van der Waals surface area contributed by atoms with Crippen LogP contribution < -0.4 is 5.56 Å². The average Bonchev–Trinajstić information content (AvgIpc) is 2.17. The van der Waals surface area contributed by atoms with Gasteiger partial charge < -0.3 is 10.1 Å². The van der Waals surface area contributed by atoms with Gasteiger partial charge in [0.2, 0.25) is 0 Å². The first-order valence-electron chi connectivity index (χ1n) is 4.13. The van der Waals surface area contributed by atoms with Gasteiger partial charge in [-0.05, 0) is 24.3 Å². The molecule has 1 aromatic carbocycles. The molecule has 0 radical (unpaired) electrons. The van der Waals surface area contributed by atoms with Crippen molar-refractivity contribution in [2.24, 2.45) is 0 Å². The number of benzene rings is 1. The number of fused-ring (bicyclic) bond motifs is 1. The van der Waals surface area contributed by atoms with Crippen LogP contribution in [0.3, 0.4) is 0 Å². The second-order valence-corrected chi connectivity index (χ2v) is 3.01. The molecule has 0 saturated carbocycles. The van der Waals surface area contributed by atoms with Gasteiger partial charge in [-0.25, -0.2) is 4.39 Å². The number of nitrogens with one attached hydrogen (secondary N) is 1. The third-order valence-electron chi connectivity index (χ3n) is 2.05. The van der Waals surface area contributed by atoms with E-state index in [4.69, 9.17) is 5.11 Å². The summed E-state index contributed by atoms with van der Waals surface area (Å²) < 4.78 is 12.8. The van der Waals surface area contributed by atoms with Crippen LogP contribution in [-0.4, -0.2) is 10.1 Å². The molecule has 2 rings (SSSR count). The Balaban J connectivity index is 2.80. The van der Waals surface area contributed by atoms with E-state index in [1.54, 1.807) is 0 Å². The lowest BCUT2D eigenvalue weighted by Crippen LogP contribution is -2.11. The van der Waals surface area contributed by atoms with Crippen LogP contribution in [0.2, 0.25) is 0 Å². The minimum absolute atomic E-state index is 0.239. The molecule has 0 aliphatic carbocycles. The summed E-state index contributed by atoms with van der Waals surface area (Å²) in [5.74, 6) is -0.367. The fraction of sp³-hybridized carbons (Fsp3) is 0.100. The molecule has 0 aliphatic rings. The van der Waals surface area contributed by atoms with Crippen molar-refractivity contribution >= 4 is 10.9 Å². The minimum Gasteiger partial charge on any atom is -0.391 e. The van der Waals surface area contributed by atoms with E-state index in [0.29, 0.717) is 10.9 Å². The largest absolute Gasteiger partial charge is 0.391 e.